The van der Waals surface area contributed by atoms with Gasteiger partial charge in [-0.05, 0) is 6.92 Å². The number of hydrazine groups is 1. The van der Waals surface area contributed by atoms with Crippen LogP contribution in [0.4, 0.5) is 4.79 Å². The van der Waals surface area contributed by atoms with Gasteiger partial charge in [0.25, 0.3) is 0 Å². The lowest BCUT2D eigenvalue weighted by Gasteiger charge is -2.14. The number of carboxylic acid groups (broad SMARTS) is 2. The van der Waals surface area contributed by atoms with Gasteiger partial charge in [0.15, 0.2) is 0 Å². The fraction of sp³-hybridized carbons (Fsp3) is 0.667. The Hall–Kier alpha value is -1.17. The molecule has 6 N–H and O–H groups in total. The van der Waals surface area contributed by atoms with E-state index in [9.17, 15) is 14.4 Å². The fourth-order valence-electron chi connectivity index (χ4n) is 0.797. The first-order valence-corrected chi connectivity index (χ1v) is 8.01. The average molecular weight is 327 g/mol. The number of carboxylic acids is 2. The molecule has 0 aliphatic carbocycles. The fourth-order valence-corrected chi connectivity index (χ4v) is 3.07. The van der Waals surface area contributed by atoms with E-state index in [0.29, 0.717) is 0 Å². The number of ether oxygens (including phenoxy) is 1. The quantitative estimate of drug-likeness (QED) is 0.201. The van der Waals surface area contributed by atoms with E-state index in [0.717, 1.165) is 21.6 Å². The van der Waals surface area contributed by atoms with E-state index in [1.807, 2.05) is 0 Å². The van der Waals surface area contributed by atoms with Crippen molar-refractivity contribution in [2.24, 2.45) is 5.73 Å². The molecule has 0 aromatic rings. The largest absolute Gasteiger partial charge is 0.480 e. The van der Waals surface area contributed by atoms with Crippen LogP contribution in [0.2, 0.25) is 0 Å². The van der Waals surface area contributed by atoms with Crippen LogP contribution in [0.1, 0.15) is 6.92 Å². The number of rotatable bonds is 10. The minimum Gasteiger partial charge on any atom is -0.480 e. The number of hydrogen-bond acceptors (Lipinski definition) is 8. The molecular formula is C9H17N3O6S2. The predicted octanol–water partition coefficient (Wildman–Crippen LogP) is -0.516. The molecule has 0 aliphatic heterocycles. The van der Waals surface area contributed by atoms with E-state index in [2.05, 4.69) is 15.6 Å². The highest BCUT2D eigenvalue weighted by molar-refractivity contribution is 8.76. The molecule has 0 radical (unpaired) electrons. The van der Waals surface area contributed by atoms with Gasteiger partial charge in [-0.1, -0.05) is 21.6 Å². The Labute approximate surface area is 123 Å². The van der Waals surface area contributed by atoms with E-state index in [4.69, 9.17) is 15.9 Å². The highest BCUT2D eigenvalue weighted by Crippen LogP contribution is 2.22. The summed E-state index contributed by atoms with van der Waals surface area (Å²) >= 11 is 0. The van der Waals surface area contributed by atoms with Crippen molar-refractivity contribution < 1.29 is 29.3 Å². The van der Waals surface area contributed by atoms with Crippen LogP contribution < -0.4 is 16.6 Å². The minimum absolute atomic E-state index is 0.110. The van der Waals surface area contributed by atoms with E-state index in [-0.39, 0.29) is 18.1 Å². The zero-order chi connectivity index (χ0) is 15.5. The number of hydrogen-bond donors (Lipinski definition) is 5. The Morgan fingerprint density at radius 3 is 2.30 bits per heavy atom. The zero-order valence-electron chi connectivity index (χ0n) is 10.7. The molecule has 116 valence electrons. The number of aliphatic carboxylic acids is 2. The molecule has 0 saturated heterocycles. The number of nitrogens with two attached hydrogens (primary N) is 1. The molecule has 2 atom stereocenters. The molecule has 0 heterocycles. The first-order valence-electron chi connectivity index (χ1n) is 5.52. The van der Waals surface area contributed by atoms with E-state index in [1.165, 1.54) is 0 Å². The molecule has 0 fully saturated rings. The van der Waals surface area contributed by atoms with E-state index < -0.39 is 30.1 Å². The zero-order valence-corrected chi connectivity index (χ0v) is 12.3. The van der Waals surface area contributed by atoms with Crippen LogP contribution in [0.3, 0.4) is 0 Å². The molecule has 0 saturated carbocycles. The molecule has 9 nitrogen and oxygen atoms in total. The van der Waals surface area contributed by atoms with Crippen LogP contribution in [-0.4, -0.2) is 58.4 Å². The van der Waals surface area contributed by atoms with Gasteiger partial charge in [0.2, 0.25) is 0 Å². The van der Waals surface area contributed by atoms with Gasteiger partial charge >= 0.3 is 18.0 Å². The normalized spacial score (nSPS) is 13.3. The molecule has 0 aromatic carbocycles. The van der Waals surface area contributed by atoms with E-state index >= 15 is 0 Å². The van der Waals surface area contributed by atoms with Gasteiger partial charge < -0.3 is 20.7 Å². The topological polar surface area (TPSA) is 151 Å². The summed E-state index contributed by atoms with van der Waals surface area (Å²) in [6, 6.07) is -2.03. The number of carbonyl (C=O) groups is 3. The lowest BCUT2D eigenvalue weighted by Crippen LogP contribution is -2.49. The molecule has 11 heteroatoms. The predicted molar refractivity (Wildman–Crippen MR) is 75.2 cm³/mol. The van der Waals surface area contributed by atoms with Crippen LogP contribution in [0, 0.1) is 0 Å². The van der Waals surface area contributed by atoms with Crippen molar-refractivity contribution in [1.82, 2.24) is 10.9 Å². The Kier molecular flexibility index (Phi) is 9.98. The van der Waals surface area contributed by atoms with Gasteiger partial charge in [-0.2, -0.15) is 0 Å². The van der Waals surface area contributed by atoms with Crippen molar-refractivity contribution in [3.05, 3.63) is 0 Å². The molecular weight excluding hydrogens is 310 g/mol. The van der Waals surface area contributed by atoms with Crippen molar-refractivity contribution in [1.29, 1.82) is 0 Å². The van der Waals surface area contributed by atoms with Crippen LogP contribution in [0.15, 0.2) is 0 Å². The van der Waals surface area contributed by atoms with Gasteiger partial charge in [0, 0.05) is 11.5 Å². The first-order chi connectivity index (χ1) is 9.38. The molecule has 0 aliphatic rings. The van der Waals surface area contributed by atoms with Crippen molar-refractivity contribution >= 4 is 39.6 Å². The molecule has 0 bridgehead atoms. The molecule has 1 amide bonds. The lowest BCUT2D eigenvalue weighted by atomic mass is 10.4. The summed E-state index contributed by atoms with van der Waals surface area (Å²) in [6.45, 7) is 1.79. The smallest absolute Gasteiger partial charge is 0.421 e. The van der Waals surface area contributed by atoms with E-state index in [1.54, 1.807) is 6.92 Å². The second-order valence-corrected chi connectivity index (χ2v) is 5.95. The standard InChI is InChI=1S/C9H17N3O6S2/c1-2-18-9(17)12-11-6(8(15)16)4-20-19-3-5(10)7(13)14/h5-6,11H,2-4,10H2,1H3,(H,12,17)(H,13,14)(H,15,16)/t5?,6-/m0/s1. The third-order valence-electron chi connectivity index (χ3n) is 1.80. The maximum absolute atomic E-state index is 11.0. The molecule has 0 spiro atoms. The Balaban J connectivity index is 3.95. The Bertz CT molecular complexity index is 344. The minimum atomic E-state index is -1.16. The van der Waals surface area contributed by atoms with Crippen LogP contribution >= 0.6 is 21.6 Å². The second kappa shape index (κ2) is 10.6. The first kappa shape index (κ1) is 18.8. The van der Waals surface area contributed by atoms with Crippen molar-refractivity contribution in [2.75, 3.05) is 18.1 Å². The number of carbonyl (C=O) groups excluding carboxylic acids is 1. The van der Waals surface area contributed by atoms with Crippen LogP contribution in [0.25, 0.3) is 0 Å². The maximum atomic E-state index is 11.0. The summed E-state index contributed by atoms with van der Waals surface area (Å²) in [5.41, 5.74) is 9.69. The summed E-state index contributed by atoms with van der Waals surface area (Å²) in [5.74, 6) is -2.01. The average Bonchev–Trinajstić information content (AvgIpc) is 2.37. The van der Waals surface area contributed by atoms with Gasteiger partial charge in [-0.3, -0.25) is 15.0 Å². The summed E-state index contributed by atoms with van der Waals surface area (Å²) in [5, 5.41) is 17.5. The lowest BCUT2D eigenvalue weighted by molar-refractivity contribution is -0.139. The third kappa shape index (κ3) is 8.85. The summed E-state index contributed by atoms with van der Waals surface area (Å²) in [4.78, 5) is 32.4. The summed E-state index contributed by atoms with van der Waals surface area (Å²) in [7, 11) is 2.28. The van der Waals surface area contributed by atoms with Gasteiger partial charge in [0.1, 0.15) is 12.1 Å². The summed E-state index contributed by atoms with van der Waals surface area (Å²) in [6.07, 6.45) is -0.774. The molecule has 1 unspecified atom stereocenters. The monoisotopic (exact) mass is 327 g/mol. The SMILES string of the molecule is CCOC(=O)NN[C@@H](CSSCC(N)C(=O)O)C(=O)O. The molecule has 0 aromatic heterocycles. The third-order valence-corrected chi connectivity index (χ3v) is 4.25. The van der Waals surface area contributed by atoms with Crippen LogP contribution in [0.5, 0.6) is 0 Å². The highest BCUT2D eigenvalue weighted by atomic mass is 33.1. The Morgan fingerprint density at radius 2 is 1.80 bits per heavy atom. The second-order valence-electron chi connectivity index (χ2n) is 3.39. The van der Waals surface area contributed by atoms with Gasteiger partial charge in [-0.15, -0.1) is 0 Å². The summed E-state index contributed by atoms with van der Waals surface area (Å²) < 4.78 is 4.56. The molecule has 0 rings (SSSR count). The van der Waals surface area contributed by atoms with Crippen LogP contribution in [-0.2, 0) is 14.3 Å². The number of nitrogens with one attached hydrogen (secondary N) is 2. The van der Waals surface area contributed by atoms with Gasteiger partial charge in [0.05, 0.1) is 6.61 Å². The highest BCUT2D eigenvalue weighted by Gasteiger charge is 2.19. The maximum Gasteiger partial charge on any atom is 0.421 e. The van der Waals surface area contributed by atoms with Gasteiger partial charge in [-0.25, -0.2) is 10.2 Å². The Morgan fingerprint density at radius 1 is 1.20 bits per heavy atom. The van der Waals surface area contributed by atoms with Crippen molar-refractivity contribution in [3.63, 3.8) is 0 Å². The molecule has 20 heavy (non-hydrogen) atoms. The van der Waals surface area contributed by atoms with Crippen molar-refractivity contribution in [3.8, 4) is 0 Å². The number of amides is 1. The van der Waals surface area contributed by atoms with Crippen molar-refractivity contribution in [2.45, 2.75) is 19.0 Å².